The average molecular weight is 289 g/mol. The first kappa shape index (κ1) is 14.1. The van der Waals surface area contributed by atoms with Crippen LogP contribution in [-0.2, 0) is 21.4 Å². The van der Waals surface area contributed by atoms with Crippen molar-refractivity contribution in [1.29, 1.82) is 0 Å². The van der Waals surface area contributed by atoms with Crippen molar-refractivity contribution in [3.05, 3.63) is 35.5 Å². The van der Waals surface area contributed by atoms with E-state index in [1.54, 1.807) is 13.2 Å². The Kier molecular flexibility index (Phi) is 3.24. The number of pyridine rings is 1. The number of aromatic nitrogens is 1. The molecule has 1 heterocycles. The van der Waals surface area contributed by atoms with Gasteiger partial charge in [-0.25, -0.2) is 4.98 Å². The first-order chi connectivity index (χ1) is 10.0. The number of nitrogens with zero attached hydrogens (tertiary/aromatic N) is 1. The Labute approximate surface area is 123 Å². The number of ether oxygens (including phenoxy) is 2. The number of aliphatic hydroxyl groups excluding tert-OH is 1. The van der Waals surface area contributed by atoms with E-state index in [0.29, 0.717) is 25.1 Å². The first-order valence-corrected chi connectivity index (χ1v) is 7.00. The fourth-order valence-corrected chi connectivity index (χ4v) is 3.78. The molecule has 0 aromatic carbocycles. The lowest BCUT2D eigenvalue weighted by Gasteiger charge is -2.48. The van der Waals surface area contributed by atoms with Gasteiger partial charge in [0.1, 0.15) is 5.41 Å². The van der Waals surface area contributed by atoms with Gasteiger partial charge in [0.05, 0.1) is 20.3 Å². The third-order valence-corrected chi connectivity index (χ3v) is 4.67. The maximum absolute atomic E-state index is 12.5. The van der Waals surface area contributed by atoms with Crippen molar-refractivity contribution in [1.82, 2.24) is 4.98 Å². The Balaban J connectivity index is 2.22. The zero-order chi connectivity index (χ0) is 15.2. The van der Waals surface area contributed by atoms with E-state index in [-0.39, 0.29) is 5.92 Å². The number of hydrogen-bond acceptors (Lipinski definition) is 5. The number of esters is 1. The van der Waals surface area contributed by atoms with Crippen LogP contribution in [-0.4, -0.2) is 36.4 Å². The second kappa shape index (κ2) is 4.84. The highest BCUT2D eigenvalue weighted by Crippen LogP contribution is 2.50. The van der Waals surface area contributed by atoms with Crippen LogP contribution in [0.4, 0.5) is 0 Å². The van der Waals surface area contributed by atoms with Gasteiger partial charge in [-0.1, -0.05) is 18.2 Å². The molecule has 5 nitrogen and oxygen atoms in total. The summed E-state index contributed by atoms with van der Waals surface area (Å²) in [4.78, 5) is 17.0. The SMILES string of the molecule is C=C1C[C@H]2Cc3nc(OC)ccc3C(C(=O)OC)(C1)[C@H]2O. The van der Waals surface area contributed by atoms with E-state index in [4.69, 9.17) is 9.47 Å². The summed E-state index contributed by atoms with van der Waals surface area (Å²) in [6.45, 7) is 4.04. The number of carbonyl (C=O) groups excluding carboxylic acids is 1. The number of carbonyl (C=O) groups is 1. The second-order valence-electron chi connectivity index (χ2n) is 5.85. The number of hydrogen-bond donors (Lipinski definition) is 1. The largest absolute Gasteiger partial charge is 0.481 e. The van der Waals surface area contributed by atoms with Crippen LogP contribution in [0.25, 0.3) is 0 Å². The molecule has 1 unspecified atom stereocenters. The van der Waals surface area contributed by atoms with E-state index in [1.165, 1.54) is 7.11 Å². The minimum Gasteiger partial charge on any atom is -0.481 e. The molecular formula is C16H19NO4. The summed E-state index contributed by atoms with van der Waals surface area (Å²) in [6, 6.07) is 3.53. The zero-order valence-electron chi connectivity index (χ0n) is 12.3. The summed E-state index contributed by atoms with van der Waals surface area (Å²) in [5.41, 5.74) is 1.43. The molecule has 2 aliphatic rings. The molecule has 1 aromatic heterocycles. The molecule has 3 rings (SSSR count). The van der Waals surface area contributed by atoms with E-state index in [9.17, 15) is 9.90 Å². The van der Waals surface area contributed by atoms with Crippen LogP contribution in [0, 0.1) is 5.92 Å². The van der Waals surface area contributed by atoms with Gasteiger partial charge >= 0.3 is 5.97 Å². The number of aliphatic hydroxyl groups is 1. The molecule has 0 amide bonds. The molecule has 112 valence electrons. The molecule has 1 saturated carbocycles. The van der Waals surface area contributed by atoms with E-state index >= 15 is 0 Å². The maximum atomic E-state index is 12.5. The average Bonchev–Trinajstić information content (AvgIpc) is 2.48. The monoisotopic (exact) mass is 289 g/mol. The normalized spacial score (nSPS) is 30.5. The predicted molar refractivity (Wildman–Crippen MR) is 76.1 cm³/mol. The van der Waals surface area contributed by atoms with Crippen LogP contribution in [0.1, 0.15) is 24.1 Å². The van der Waals surface area contributed by atoms with Gasteiger partial charge < -0.3 is 14.6 Å². The van der Waals surface area contributed by atoms with Gasteiger partial charge in [-0.2, -0.15) is 0 Å². The Morgan fingerprint density at radius 2 is 2.19 bits per heavy atom. The van der Waals surface area contributed by atoms with Crippen LogP contribution in [0.15, 0.2) is 24.3 Å². The number of fused-ring (bicyclic) bond motifs is 4. The minimum absolute atomic E-state index is 0.0579. The summed E-state index contributed by atoms with van der Waals surface area (Å²) >= 11 is 0. The Morgan fingerprint density at radius 1 is 1.43 bits per heavy atom. The highest BCUT2D eigenvalue weighted by Gasteiger charge is 2.57. The van der Waals surface area contributed by atoms with Crippen molar-refractivity contribution in [3.63, 3.8) is 0 Å². The molecule has 21 heavy (non-hydrogen) atoms. The molecule has 2 aliphatic carbocycles. The smallest absolute Gasteiger partial charge is 0.319 e. The van der Waals surface area contributed by atoms with E-state index in [0.717, 1.165) is 16.8 Å². The van der Waals surface area contributed by atoms with Gasteiger partial charge in [-0.05, 0) is 30.7 Å². The molecule has 0 aliphatic heterocycles. The molecule has 1 aromatic rings. The quantitative estimate of drug-likeness (QED) is 0.658. The number of allylic oxidation sites excluding steroid dienone is 1. The third kappa shape index (κ3) is 1.87. The maximum Gasteiger partial charge on any atom is 0.319 e. The van der Waals surface area contributed by atoms with Gasteiger partial charge in [0.25, 0.3) is 0 Å². The molecule has 0 radical (unpaired) electrons. The fraction of sp³-hybridized carbons (Fsp3) is 0.500. The van der Waals surface area contributed by atoms with Gasteiger partial charge in [-0.15, -0.1) is 0 Å². The highest BCUT2D eigenvalue weighted by atomic mass is 16.5. The fourth-order valence-electron chi connectivity index (χ4n) is 3.78. The standard InChI is InChI=1S/C16H19NO4/c1-9-6-10-7-12-11(4-5-13(17-12)20-2)16(8-9,14(10)18)15(19)21-3/h4-5,10,14,18H,1,6-8H2,2-3H3/t10-,14-,16?/m0/s1. The lowest BCUT2D eigenvalue weighted by molar-refractivity contribution is -0.157. The van der Waals surface area contributed by atoms with Crippen LogP contribution in [0.5, 0.6) is 5.88 Å². The summed E-state index contributed by atoms with van der Waals surface area (Å²) in [6.07, 6.45) is 0.959. The van der Waals surface area contributed by atoms with Crippen LogP contribution < -0.4 is 4.74 Å². The lowest BCUT2D eigenvalue weighted by Crippen LogP contribution is -2.57. The van der Waals surface area contributed by atoms with Gasteiger partial charge in [0, 0.05) is 11.8 Å². The molecule has 3 atom stereocenters. The summed E-state index contributed by atoms with van der Waals surface area (Å²) < 4.78 is 10.2. The van der Waals surface area contributed by atoms with Crippen molar-refractivity contribution >= 4 is 5.97 Å². The Hall–Kier alpha value is -1.88. The van der Waals surface area contributed by atoms with Crippen molar-refractivity contribution in [2.24, 2.45) is 5.92 Å². The van der Waals surface area contributed by atoms with Crippen molar-refractivity contribution in [2.75, 3.05) is 14.2 Å². The van der Waals surface area contributed by atoms with Crippen molar-refractivity contribution in [2.45, 2.75) is 30.8 Å². The molecule has 2 bridgehead atoms. The molecular weight excluding hydrogens is 270 g/mol. The van der Waals surface area contributed by atoms with Crippen molar-refractivity contribution in [3.8, 4) is 5.88 Å². The topological polar surface area (TPSA) is 68.7 Å². The first-order valence-electron chi connectivity index (χ1n) is 7.00. The predicted octanol–water partition coefficient (Wildman–Crippen LogP) is 1.38. The van der Waals surface area contributed by atoms with Crippen LogP contribution in [0.3, 0.4) is 0 Å². The zero-order valence-corrected chi connectivity index (χ0v) is 12.3. The van der Waals surface area contributed by atoms with Crippen molar-refractivity contribution < 1.29 is 19.4 Å². The molecule has 1 N–H and O–H groups in total. The van der Waals surface area contributed by atoms with E-state index < -0.39 is 17.5 Å². The van der Waals surface area contributed by atoms with Crippen LogP contribution in [0.2, 0.25) is 0 Å². The van der Waals surface area contributed by atoms with E-state index in [2.05, 4.69) is 11.6 Å². The van der Waals surface area contributed by atoms with Gasteiger partial charge in [0.15, 0.2) is 0 Å². The minimum atomic E-state index is -1.08. The van der Waals surface area contributed by atoms with E-state index in [1.807, 2.05) is 6.07 Å². The lowest BCUT2D eigenvalue weighted by atomic mass is 9.57. The molecule has 0 spiro atoms. The third-order valence-electron chi connectivity index (χ3n) is 4.67. The molecule has 0 saturated heterocycles. The summed E-state index contributed by atoms with van der Waals surface area (Å²) in [5, 5.41) is 10.7. The Bertz CT molecular complexity index is 612. The van der Waals surface area contributed by atoms with Crippen LogP contribution >= 0.6 is 0 Å². The number of rotatable bonds is 2. The second-order valence-corrected chi connectivity index (χ2v) is 5.85. The molecule has 5 heteroatoms. The molecule has 1 fully saturated rings. The number of methoxy groups -OCH3 is 2. The highest BCUT2D eigenvalue weighted by molar-refractivity contribution is 5.86. The summed E-state index contributed by atoms with van der Waals surface area (Å²) in [5.74, 6) is 0.0354. The Morgan fingerprint density at radius 3 is 2.86 bits per heavy atom. The van der Waals surface area contributed by atoms with Gasteiger partial charge in [-0.3, -0.25) is 4.79 Å². The van der Waals surface area contributed by atoms with Gasteiger partial charge in [0.2, 0.25) is 5.88 Å². The summed E-state index contributed by atoms with van der Waals surface area (Å²) in [7, 11) is 2.91.